The zero-order valence-corrected chi connectivity index (χ0v) is 4.33. The molecule has 0 aromatic heterocycles. The van der Waals surface area contributed by atoms with Crippen LogP contribution >= 0.6 is 0 Å². The Kier molecular flexibility index (Phi) is 1.25. The van der Waals surface area contributed by atoms with Gasteiger partial charge >= 0.3 is 6.18 Å². The SMILES string of the molecule is FC(F)(F)C1=C=CCO1. The average Bonchev–Trinajstić information content (AvgIpc) is 2.08. The number of halogens is 3. The lowest BCUT2D eigenvalue weighted by molar-refractivity contribution is -0.126. The first kappa shape index (κ1) is 6.23. The Morgan fingerprint density at radius 2 is 2.22 bits per heavy atom. The predicted octanol–water partition coefficient (Wildman–Crippen LogP) is 1.62. The fourth-order valence-electron chi connectivity index (χ4n) is 0.465. The van der Waals surface area contributed by atoms with Crippen LogP contribution in [-0.2, 0) is 4.74 Å². The van der Waals surface area contributed by atoms with Gasteiger partial charge in [0.25, 0.3) is 0 Å². The first-order valence-electron chi connectivity index (χ1n) is 2.26. The topological polar surface area (TPSA) is 9.23 Å². The van der Waals surface area contributed by atoms with Crippen LogP contribution in [0.2, 0.25) is 0 Å². The molecule has 0 atom stereocenters. The van der Waals surface area contributed by atoms with Gasteiger partial charge in [0, 0.05) is 0 Å². The molecule has 0 aromatic carbocycles. The molecular formula is C5H3F3O. The normalized spacial score (nSPS) is 17.4. The maximum absolute atomic E-state index is 11.5. The Morgan fingerprint density at radius 1 is 1.56 bits per heavy atom. The molecule has 0 saturated carbocycles. The first-order chi connectivity index (χ1) is 4.11. The molecule has 0 saturated heterocycles. The van der Waals surface area contributed by atoms with Crippen molar-refractivity contribution in [3.8, 4) is 0 Å². The highest BCUT2D eigenvalue weighted by Crippen LogP contribution is 2.26. The summed E-state index contributed by atoms with van der Waals surface area (Å²) in [6, 6.07) is 0. The van der Waals surface area contributed by atoms with E-state index < -0.39 is 11.9 Å². The molecule has 1 heterocycles. The Balaban J connectivity index is 2.75. The van der Waals surface area contributed by atoms with Crippen LogP contribution in [0.1, 0.15) is 0 Å². The number of hydrogen-bond acceptors (Lipinski definition) is 1. The third-order valence-corrected chi connectivity index (χ3v) is 0.802. The molecule has 0 N–H and O–H groups in total. The summed E-state index contributed by atoms with van der Waals surface area (Å²) in [5.41, 5.74) is 1.94. The van der Waals surface area contributed by atoms with Gasteiger partial charge in [-0.25, -0.2) is 0 Å². The maximum atomic E-state index is 11.5. The Labute approximate surface area is 49.4 Å². The molecule has 0 radical (unpaired) electrons. The third-order valence-electron chi connectivity index (χ3n) is 0.802. The fraction of sp³-hybridized carbons (Fsp3) is 0.400. The van der Waals surface area contributed by atoms with Crippen molar-refractivity contribution in [2.24, 2.45) is 0 Å². The molecule has 0 aliphatic carbocycles. The van der Waals surface area contributed by atoms with Gasteiger partial charge < -0.3 is 4.74 Å². The predicted molar refractivity (Wildman–Crippen MR) is 23.6 cm³/mol. The molecular weight excluding hydrogens is 133 g/mol. The van der Waals surface area contributed by atoms with E-state index in [1.807, 2.05) is 5.73 Å². The molecule has 4 heteroatoms. The van der Waals surface area contributed by atoms with Crippen LogP contribution in [0.5, 0.6) is 0 Å². The molecule has 1 aliphatic rings. The molecule has 1 aliphatic heterocycles. The molecule has 50 valence electrons. The van der Waals surface area contributed by atoms with E-state index >= 15 is 0 Å². The zero-order valence-electron chi connectivity index (χ0n) is 4.33. The fourth-order valence-corrected chi connectivity index (χ4v) is 0.465. The molecule has 0 amide bonds. The van der Waals surface area contributed by atoms with Crippen molar-refractivity contribution in [1.29, 1.82) is 0 Å². The van der Waals surface area contributed by atoms with E-state index in [0.717, 1.165) is 0 Å². The molecule has 0 aromatic rings. The van der Waals surface area contributed by atoms with Crippen LogP contribution in [0.4, 0.5) is 13.2 Å². The van der Waals surface area contributed by atoms with Gasteiger partial charge in [0.2, 0.25) is 5.76 Å². The number of ether oxygens (including phenoxy) is 1. The summed E-state index contributed by atoms with van der Waals surface area (Å²) in [5, 5.41) is 0. The van der Waals surface area contributed by atoms with Crippen molar-refractivity contribution in [2.75, 3.05) is 6.61 Å². The van der Waals surface area contributed by atoms with Crippen LogP contribution in [0, 0.1) is 0 Å². The van der Waals surface area contributed by atoms with E-state index in [2.05, 4.69) is 4.74 Å². The first-order valence-corrected chi connectivity index (χ1v) is 2.26. The van der Waals surface area contributed by atoms with Crippen LogP contribution < -0.4 is 0 Å². The lowest BCUT2D eigenvalue weighted by atomic mass is 10.5. The molecule has 1 rings (SSSR count). The Hall–Kier alpha value is -0.890. The summed E-state index contributed by atoms with van der Waals surface area (Å²) < 4.78 is 38.7. The average molecular weight is 136 g/mol. The second-order valence-corrected chi connectivity index (χ2v) is 1.49. The van der Waals surface area contributed by atoms with Gasteiger partial charge in [-0.15, -0.1) is 0 Å². The maximum Gasteiger partial charge on any atom is 0.457 e. The van der Waals surface area contributed by atoms with Crippen molar-refractivity contribution in [3.63, 3.8) is 0 Å². The van der Waals surface area contributed by atoms with Gasteiger partial charge in [-0.05, 0) is 6.08 Å². The highest BCUT2D eigenvalue weighted by atomic mass is 19.4. The minimum Gasteiger partial charge on any atom is -0.477 e. The molecule has 1 nitrogen and oxygen atoms in total. The second-order valence-electron chi connectivity index (χ2n) is 1.49. The summed E-state index contributed by atoms with van der Waals surface area (Å²) in [4.78, 5) is 0. The van der Waals surface area contributed by atoms with Crippen LogP contribution in [-0.4, -0.2) is 12.8 Å². The summed E-state index contributed by atoms with van der Waals surface area (Å²) in [7, 11) is 0. The number of rotatable bonds is 0. The summed E-state index contributed by atoms with van der Waals surface area (Å²) >= 11 is 0. The molecule has 0 fully saturated rings. The number of hydrogen-bond donors (Lipinski definition) is 0. The van der Waals surface area contributed by atoms with Gasteiger partial charge in [0.05, 0.1) is 0 Å². The van der Waals surface area contributed by atoms with Gasteiger partial charge in [-0.3, -0.25) is 0 Å². The van der Waals surface area contributed by atoms with E-state index in [4.69, 9.17) is 0 Å². The summed E-state index contributed by atoms with van der Waals surface area (Å²) in [6.45, 7) is -0.0190. The smallest absolute Gasteiger partial charge is 0.457 e. The van der Waals surface area contributed by atoms with E-state index in [1.165, 1.54) is 6.08 Å². The quantitative estimate of drug-likeness (QED) is 0.460. The second kappa shape index (κ2) is 1.81. The standard InChI is InChI=1S/C5H3F3O/c6-5(7,8)4-2-1-3-9-4/h1H,3H2. The Morgan fingerprint density at radius 3 is 2.44 bits per heavy atom. The van der Waals surface area contributed by atoms with Crippen molar-refractivity contribution in [3.05, 3.63) is 17.6 Å². The Bertz CT molecular complexity index is 173. The molecule has 0 spiro atoms. The van der Waals surface area contributed by atoms with Crippen molar-refractivity contribution < 1.29 is 17.9 Å². The number of alkyl halides is 3. The molecule has 0 unspecified atom stereocenters. The molecule has 0 bridgehead atoms. The van der Waals surface area contributed by atoms with E-state index in [0.29, 0.717) is 0 Å². The molecule has 9 heavy (non-hydrogen) atoms. The van der Waals surface area contributed by atoms with Crippen LogP contribution in [0.3, 0.4) is 0 Å². The highest BCUT2D eigenvalue weighted by molar-refractivity contribution is 5.05. The van der Waals surface area contributed by atoms with Crippen molar-refractivity contribution >= 4 is 0 Å². The minimum absolute atomic E-state index is 0.0190. The lowest BCUT2D eigenvalue weighted by Crippen LogP contribution is -2.11. The lowest BCUT2D eigenvalue weighted by Gasteiger charge is -2.04. The van der Waals surface area contributed by atoms with Crippen molar-refractivity contribution in [1.82, 2.24) is 0 Å². The zero-order chi connectivity index (χ0) is 6.91. The van der Waals surface area contributed by atoms with Gasteiger partial charge in [-0.2, -0.15) is 13.2 Å². The van der Waals surface area contributed by atoms with Gasteiger partial charge in [0.15, 0.2) is 0 Å². The van der Waals surface area contributed by atoms with Gasteiger partial charge in [0.1, 0.15) is 6.61 Å². The summed E-state index contributed by atoms with van der Waals surface area (Å²) in [5.74, 6) is -1.03. The van der Waals surface area contributed by atoms with Gasteiger partial charge in [-0.1, -0.05) is 5.73 Å². The van der Waals surface area contributed by atoms with E-state index in [-0.39, 0.29) is 6.61 Å². The van der Waals surface area contributed by atoms with Crippen molar-refractivity contribution in [2.45, 2.75) is 6.18 Å². The van der Waals surface area contributed by atoms with Crippen LogP contribution in [0.25, 0.3) is 0 Å². The largest absolute Gasteiger partial charge is 0.477 e. The highest BCUT2D eigenvalue weighted by Gasteiger charge is 2.36. The summed E-state index contributed by atoms with van der Waals surface area (Å²) in [6.07, 6.45) is -3.17. The van der Waals surface area contributed by atoms with E-state index in [1.54, 1.807) is 0 Å². The third kappa shape index (κ3) is 1.27. The minimum atomic E-state index is -4.37. The monoisotopic (exact) mass is 136 g/mol. The van der Waals surface area contributed by atoms with Crippen LogP contribution in [0.15, 0.2) is 17.6 Å². The van der Waals surface area contributed by atoms with E-state index in [9.17, 15) is 13.2 Å².